The molecule has 0 spiro atoms. The lowest BCUT2D eigenvalue weighted by Crippen LogP contribution is -2.03. The molecule has 1 aromatic rings. The van der Waals surface area contributed by atoms with Crippen LogP contribution < -0.4 is 0 Å². The number of ether oxygens (including phenoxy) is 1. The van der Waals surface area contributed by atoms with Crippen molar-refractivity contribution in [2.24, 2.45) is 5.92 Å². The molecule has 80 valence electrons. The van der Waals surface area contributed by atoms with Crippen molar-refractivity contribution < 1.29 is 14.6 Å². The topological polar surface area (TPSA) is 46.5 Å². The molecule has 0 bridgehead atoms. The molecule has 0 saturated heterocycles. The van der Waals surface area contributed by atoms with Crippen LogP contribution in [0.1, 0.15) is 23.5 Å². The van der Waals surface area contributed by atoms with Crippen LogP contribution in [0.3, 0.4) is 0 Å². The molecule has 0 aromatic heterocycles. The van der Waals surface area contributed by atoms with Crippen LogP contribution in [0.4, 0.5) is 0 Å². The second-order valence-electron chi connectivity index (χ2n) is 3.87. The number of carbonyl (C=O) groups excluding carboxylic acids is 1. The molecule has 3 heteroatoms. The quantitative estimate of drug-likeness (QED) is 0.761. The Morgan fingerprint density at radius 3 is 2.67 bits per heavy atom. The first-order chi connectivity index (χ1) is 7.26. The maximum atomic E-state index is 11.2. The Morgan fingerprint density at radius 2 is 2.13 bits per heavy atom. The van der Waals surface area contributed by atoms with Crippen molar-refractivity contribution >= 4 is 5.97 Å². The van der Waals surface area contributed by atoms with E-state index in [0.717, 1.165) is 17.5 Å². The molecule has 1 N–H and O–H groups in total. The van der Waals surface area contributed by atoms with Crippen molar-refractivity contribution in [2.75, 3.05) is 7.11 Å². The van der Waals surface area contributed by atoms with E-state index in [1.54, 1.807) is 0 Å². The Kier molecular flexibility index (Phi) is 2.73. The van der Waals surface area contributed by atoms with Crippen molar-refractivity contribution in [3.63, 3.8) is 0 Å². The highest BCUT2D eigenvalue weighted by Gasteiger charge is 2.44. The number of benzene rings is 1. The van der Waals surface area contributed by atoms with Crippen LogP contribution in [0.2, 0.25) is 0 Å². The third-order valence-electron chi connectivity index (χ3n) is 2.88. The summed E-state index contributed by atoms with van der Waals surface area (Å²) < 4.78 is 4.69. The predicted octanol–water partition coefficient (Wildman–Crippen LogP) is 1.46. The SMILES string of the molecule is COC(=O)C1CC1c1ccc(CO)cc1. The third-order valence-corrected chi connectivity index (χ3v) is 2.88. The number of aliphatic hydroxyl groups is 1. The monoisotopic (exact) mass is 206 g/mol. The lowest BCUT2D eigenvalue weighted by molar-refractivity contribution is -0.142. The van der Waals surface area contributed by atoms with Gasteiger partial charge in [-0.1, -0.05) is 24.3 Å². The minimum Gasteiger partial charge on any atom is -0.469 e. The summed E-state index contributed by atoms with van der Waals surface area (Å²) in [5.41, 5.74) is 2.05. The molecule has 1 aromatic carbocycles. The average Bonchev–Trinajstić information content (AvgIpc) is 3.08. The van der Waals surface area contributed by atoms with E-state index in [0.29, 0.717) is 5.92 Å². The number of methoxy groups -OCH3 is 1. The van der Waals surface area contributed by atoms with Gasteiger partial charge >= 0.3 is 5.97 Å². The summed E-state index contributed by atoms with van der Waals surface area (Å²) in [6.45, 7) is 0.0609. The Bertz CT molecular complexity index is 356. The molecule has 1 fully saturated rings. The standard InChI is InChI=1S/C12H14O3/c1-15-12(14)11-6-10(11)9-4-2-8(7-13)3-5-9/h2-5,10-11,13H,6-7H2,1H3. The van der Waals surface area contributed by atoms with Crippen LogP contribution in [0.5, 0.6) is 0 Å². The van der Waals surface area contributed by atoms with E-state index in [1.165, 1.54) is 7.11 Å². The van der Waals surface area contributed by atoms with Crippen LogP contribution in [0.25, 0.3) is 0 Å². The lowest BCUT2D eigenvalue weighted by Gasteiger charge is -2.01. The molecular formula is C12H14O3. The summed E-state index contributed by atoms with van der Waals surface area (Å²) in [6.07, 6.45) is 0.880. The summed E-state index contributed by atoms with van der Waals surface area (Å²) in [4.78, 5) is 11.2. The number of esters is 1. The fourth-order valence-corrected chi connectivity index (χ4v) is 1.85. The summed E-state index contributed by atoms with van der Waals surface area (Å²) in [5.74, 6) is 0.228. The molecule has 0 aliphatic heterocycles. The van der Waals surface area contributed by atoms with E-state index in [-0.39, 0.29) is 18.5 Å². The zero-order valence-electron chi connectivity index (χ0n) is 8.64. The number of hydrogen-bond acceptors (Lipinski definition) is 3. The molecule has 2 unspecified atom stereocenters. The van der Waals surface area contributed by atoms with Crippen LogP contribution in [0, 0.1) is 5.92 Å². The van der Waals surface area contributed by atoms with Gasteiger partial charge in [0, 0.05) is 0 Å². The van der Waals surface area contributed by atoms with E-state index in [9.17, 15) is 4.79 Å². The van der Waals surface area contributed by atoms with Crippen LogP contribution in [0.15, 0.2) is 24.3 Å². The molecular weight excluding hydrogens is 192 g/mol. The first-order valence-electron chi connectivity index (χ1n) is 5.03. The number of carbonyl (C=O) groups is 1. The summed E-state index contributed by atoms with van der Waals surface area (Å²) >= 11 is 0. The van der Waals surface area contributed by atoms with Crippen molar-refractivity contribution in [1.29, 1.82) is 0 Å². The number of hydrogen-bond donors (Lipinski definition) is 1. The van der Waals surface area contributed by atoms with Crippen LogP contribution in [-0.4, -0.2) is 18.2 Å². The number of aliphatic hydroxyl groups excluding tert-OH is 1. The van der Waals surface area contributed by atoms with Crippen molar-refractivity contribution in [3.05, 3.63) is 35.4 Å². The van der Waals surface area contributed by atoms with Gasteiger partial charge in [0.2, 0.25) is 0 Å². The van der Waals surface area contributed by atoms with Gasteiger partial charge in [-0.3, -0.25) is 4.79 Å². The minimum absolute atomic E-state index is 0.0370. The van der Waals surface area contributed by atoms with E-state index in [4.69, 9.17) is 9.84 Å². The zero-order valence-corrected chi connectivity index (χ0v) is 8.64. The van der Waals surface area contributed by atoms with Gasteiger partial charge in [-0.05, 0) is 23.5 Å². The van der Waals surface area contributed by atoms with Gasteiger partial charge in [0.25, 0.3) is 0 Å². The van der Waals surface area contributed by atoms with Gasteiger partial charge in [-0.15, -0.1) is 0 Å². The van der Waals surface area contributed by atoms with Crippen molar-refractivity contribution in [1.82, 2.24) is 0 Å². The first-order valence-corrected chi connectivity index (χ1v) is 5.03. The van der Waals surface area contributed by atoms with Crippen molar-refractivity contribution in [3.8, 4) is 0 Å². The van der Waals surface area contributed by atoms with Gasteiger partial charge in [-0.2, -0.15) is 0 Å². The molecule has 1 aliphatic rings. The van der Waals surface area contributed by atoms with E-state index in [1.807, 2.05) is 24.3 Å². The summed E-state index contributed by atoms with van der Waals surface area (Å²) in [5, 5.41) is 8.89. The van der Waals surface area contributed by atoms with Gasteiger partial charge in [0.15, 0.2) is 0 Å². The zero-order chi connectivity index (χ0) is 10.8. The number of rotatable bonds is 3. The van der Waals surface area contributed by atoms with Crippen LogP contribution in [-0.2, 0) is 16.1 Å². The largest absolute Gasteiger partial charge is 0.469 e. The maximum Gasteiger partial charge on any atom is 0.309 e. The molecule has 0 amide bonds. The Morgan fingerprint density at radius 1 is 1.47 bits per heavy atom. The Balaban J connectivity index is 2.04. The fourth-order valence-electron chi connectivity index (χ4n) is 1.85. The van der Waals surface area contributed by atoms with Gasteiger partial charge in [0.1, 0.15) is 0 Å². The molecule has 0 heterocycles. The van der Waals surface area contributed by atoms with Gasteiger partial charge in [0.05, 0.1) is 19.6 Å². The maximum absolute atomic E-state index is 11.2. The average molecular weight is 206 g/mol. The fraction of sp³-hybridized carbons (Fsp3) is 0.417. The molecule has 2 rings (SSSR count). The second kappa shape index (κ2) is 4.03. The molecule has 0 radical (unpaired) electrons. The lowest BCUT2D eigenvalue weighted by atomic mass is 10.1. The highest BCUT2D eigenvalue weighted by Crippen LogP contribution is 2.47. The highest BCUT2D eigenvalue weighted by atomic mass is 16.5. The third kappa shape index (κ3) is 2.02. The minimum atomic E-state index is -0.119. The van der Waals surface area contributed by atoms with E-state index in [2.05, 4.69) is 0 Å². The van der Waals surface area contributed by atoms with Gasteiger partial charge in [-0.25, -0.2) is 0 Å². The summed E-state index contributed by atoms with van der Waals surface area (Å²) in [7, 11) is 1.42. The summed E-state index contributed by atoms with van der Waals surface area (Å²) in [6, 6.07) is 7.72. The molecule has 15 heavy (non-hydrogen) atoms. The predicted molar refractivity (Wildman–Crippen MR) is 55.2 cm³/mol. The van der Waals surface area contributed by atoms with Crippen LogP contribution >= 0.6 is 0 Å². The Hall–Kier alpha value is -1.35. The van der Waals surface area contributed by atoms with E-state index < -0.39 is 0 Å². The van der Waals surface area contributed by atoms with Crippen molar-refractivity contribution in [2.45, 2.75) is 18.9 Å². The highest BCUT2D eigenvalue weighted by molar-refractivity contribution is 5.77. The van der Waals surface area contributed by atoms with E-state index >= 15 is 0 Å². The molecule has 1 saturated carbocycles. The smallest absolute Gasteiger partial charge is 0.309 e. The molecule has 1 aliphatic carbocycles. The molecule has 3 nitrogen and oxygen atoms in total. The van der Waals surface area contributed by atoms with Gasteiger partial charge < -0.3 is 9.84 Å². The molecule has 2 atom stereocenters. The normalized spacial score (nSPS) is 23.6. The first kappa shape index (κ1) is 10.2. The Labute approximate surface area is 88.7 Å². The second-order valence-corrected chi connectivity index (χ2v) is 3.87.